The van der Waals surface area contributed by atoms with Crippen LogP contribution in [0, 0.1) is 12.8 Å². The number of benzene rings is 1. The van der Waals surface area contributed by atoms with Crippen molar-refractivity contribution in [3.63, 3.8) is 0 Å². The van der Waals surface area contributed by atoms with E-state index in [1.165, 1.54) is 15.1 Å². The van der Waals surface area contributed by atoms with E-state index in [4.69, 9.17) is 0 Å². The number of aromatic nitrogens is 4. The third-order valence-corrected chi connectivity index (χ3v) is 8.04. The molecule has 10 heteroatoms. The maximum Gasteiger partial charge on any atom is 0.407 e. The van der Waals surface area contributed by atoms with Crippen molar-refractivity contribution in [2.24, 2.45) is 5.92 Å². The van der Waals surface area contributed by atoms with Crippen LogP contribution in [0.2, 0.25) is 0 Å². The largest absolute Gasteiger partial charge is 0.465 e. The second-order valence-electron chi connectivity index (χ2n) is 8.24. The van der Waals surface area contributed by atoms with Gasteiger partial charge in [0.15, 0.2) is 11.3 Å². The lowest BCUT2D eigenvalue weighted by atomic mass is 9.91. The number of likely N-dealkylation sites (tertiary alicyclic amines) is 1. The number of imidazole rings is 1. The summed E-state index contributed by atoms with van der Waals surface area (Å²) in [6.45, 7) is 4.81. The van der Waals surface area contributed by atoms with Gasteiger partial charge in [0.1, 0.15) is 0 Å². The van der Waals surface area contributed by atoms with Crippen LogP contribution in [0.5, 0.6) is 0 Å². The first-order valence-electron chi connectivity index (χ1n) is 10.4. The highest BCUT2D eigenvalue weighted by Crippen LogP contribution is 2.36. The zero-order valence-electron chi connectivity index (χ0n) is 17.7. The molecule has 32 heavy (non-hydrogen) atoms. The third-order valence-electron chi connectivity index (χ3n) is 6.36. The fraction of sp³-hybridized carbons (Fsp3) is 0.318. The lowest BCUT2D eigenvalue weighted by Crippen LogP contribution is -2.26. The Bertz CT molecular complexity index is 1440. The van der Waals surface area contributed by atoms with Crippen molar-refractivity contribution in [1.29, 1.82) is 0 Å². The minimum Gasteiger partial charge on any atom is -0.465 e. The van der Waals surface area contributed by atoms with Crippen molar-refractivity contribution in [3.05, 3.63) is 60.2 Å². The van der Waals surface area contributed by atoms with E-state index in [-0.39, 0.29) is 16.7 Å². The lowest BCUT2D eigenvalue weighted by Gasteiger charge is -2.16. The Morgan fingerprint density at radius 3 is 2.56 bits per heavy atom. The van der Waals surface area contributed by atoms with E-state index in [0.29, 0.717) is 29.9 Å². The van der Waals surface area contributed by atoms with Crippen LogP contribution in [0.3, 0.4) is 0 Å². The molecule has 1 aromatic carbocycles. The SMILES string of the molecule is CC[C@@H]1CN(C(=O)O)C[C@H]1c1cnc2cnc3c(ccn3S(=O)(=O)c3ccc(C)cc3)n12. The van der Waals surface area contributed by atoms with E-state index < -0.39 is 16.1 Å². The first kappa shape index (κ1) is 20.5. The Morgan fingerprint density at radius 2 is 1.88 bits per heavy atom. The van der Waals surface area contributed by atoms with Gasteiger partial charge in [-0.05, 0) is 31.0 Å². The Kier molecular flexibility index (Phi) is 4.70. The standard InChI is InChI=1S/C22H23N5O4S/c1-3-15-12-25(22(28)29)13-17(15)19-10-23-20-11-24-21-18(27(19)20)8-9-26(21)32(30,31)16-6-4-14(2)5-7-16/h4-11,15,17H,3,12-13H2,1-2H3,(H,28,29)/t15-,17-/m1/s1. The number of amides is 1. The third kappa shape index (κ3) is 3.05. The van der Waals surface area contributed by atoms with Crippen LogP contribution in [0.25, 0.3) is 16.8 Å². The van der Waals surface area contributed by atoms with E-state index >= 15 is 0 Å². The molecule has 9 nitrogen and oxygen atoms in total. The van der Waals surface area contributed by atoms with Gasteiger partial charge >= 0.3 is 6.09 Å². The lowest BCUT2D eigenvalue weighted by molar-refractivity contribution is 0.153. The van der Waals surface area contributed by atoms with Crippen LogP contribution in [0.1, 0.15) is 30.5 Å². The van der Waals surface area contributed by atoms with Crippen molar-refractivity contribution in [2.45, 2.75) is 31.1 Å². The van der Waals surface area contributed by atoms with Gasteiger partial charge in [-0.2, -0.15) is 0 Å². The summed E-state index contributed by atoms with van der Waals surface area (Å²) >= 11 is 0. The van der Waals surface area contributed by atoms with Gasteiger partial charge in [0.25, 0.3) is 10.0 Å². The quantitative estimate of drug-likeness (QED) is 0.508. The summed E-state index contributed by atoms with van der Waals surface area (Å²) in [6, 6.07) is 8.41. The molecule has 1 saturated heterocycles. The van der Waals surface area contributed by atoms with Gasteiger partial charge in [-0.1, -0.05) is 31.0 Å². The molecule has 0 spiro atoms. The van der Waals surface area contributed by atoms with Gasteiger partial charge in [-0.3, -0.25) is 4.40 Å². The molecule has 0 bridgehead atoms. The molecular weight excluding hydrogens is 430 g/mol. The van der Waals surface area contributed by atoms with Crippen LogP contribution >= 0.6 is 0 Å². The number of carbonyl (C=O) groups is 1. The predicted molar refractivity (Wildman–Crippen MR) is 118 cm³/mol. The molecular formula is C22H23N5O4S. The normalized spacial score (nSPS) is 19.2. The number of nitrogens with zero attached hydrogens (tertiary/aromatic N) is 5. The van der Waals surface area contributed by atoms with Crippen molar-refractivity contribution < 1.29 is 18.3 Å². The predicted octanol–water partition coefficient (Wildman–Crippen LogP) is 3.33. The first-order chi connectivity index (χ1) is 15.3. The minimum atomic E-state index is -3.82. The fourth-order valence-corrected chi connectivity index (χ4v) is 5.90. The van der Waals surface area contributed by atoms with E-state index in [9.17, 15) is 18.3 Å². The summed E-state index contributed by atoms with van der Waals surface area (Å²) in [4.78, 5) is 22.0. The topological polar surface area (TPSA) is 110 Å². The molecule has 1 amide bonds. The van der Waals surface area contributed by atoms with Gasteiger partial charge in [-0.25, -0.2) is 27.2 Å². The van der Waals surface area contributed by atoms with E-state index in [1.54, 1.807) is 42.7 Å². The Morgan fingerprint density at radius 1 is 1.12 bits per heavy atom. The van der Waals surface area contributed by atoms with Crippen molar-refractivity contribution in [2.75, 3.05) is 13.1 Å². The summed E-state index contributed by atoms with van der Waals surface area (Å²) < 4.78 is 29.6. The van der Waals surface area contributed by atoms with Gasteiger partial charge in [0.2, 0.25) is 0 Å². The van der Waals surface area contributed by atoms with Crippen molar-refractivity contribution in [1.82, 2.24) is 23.2 Å². The zero-order chi connectivity index (χ0) is 22.6. The monoisotopic (exact) mass is 453 g/mol. The fourth-order valence-electron chi connectivity index (χ4n) is 4.60. The first-order valence-corrected chi connectivity index (χ1v) is 11.9. The molecule has 0 saturated carbocycles. The van der Waals surface area contributed by atoms with E-state index in [1.807, 2.05) is 18.2 Å². The molecule has 1 aliphatic heterocycles. The number of fused-ring (bicyclic) bond motifs is 3. The summed E-state index contributed by atoms with van der Waals surface area (Å²) in [5, 5.41) is 9.47. The van der Waals surface area contributed by atoms with Gasteiger partial charge in [0.05, 0.1) is 16.6 Å². The average Bonchev–Trinajstić information content (AvgIpc) is 3.48. The van der Waals surface area contributed by atoms with Crippen LogP contribution in [-0.4, -0.2) is 55.9 Å². The smallest absolute Gasteiger partial charge is 0.407 e. The number of hydrogen-bond donors (Lipinski definition) is 1. The molecule has 166 valence electrons. The molecule has 1 fully saturated rings. The van der Waals surface area contributed by atoms with Crippen molar-refractivity contribution in [3.8, 4) is 0 Å². The highest BCUT2D eigenvalue weighted by molar-refractivity contribution is 7.90. The molecule has 5 rings (SSSR count). The molecule has 4 heterocycles. The van der Waals surface area contributed by atoms with Gasteiger partial charge in [-0.15, -0.1) is 0 Å². The van der Waals surface area contributed by atoms with Crippen LogP contribution in [0.15, 0.2) is 53.8 Å². The highest BCUT2D eigenvalue weighted by Gasteiger charge is 2.37. The summed E-state index contributed by atoms with van der Waals surface area (Å²) in [7, 11) is -3.82. The minimum absolute atomic E-state index is 0.0336. The van der Waals surface area contributed by atoms with E-state index in [2.05, 4.69) is 9.97 Å². The molecule has 0 aliphatic carbocycles. The Hall–Kier alpha value is -3.40. The van der Waals surface area contributed by atoms with E-state index in [0.717, 1.165) is 17.7 Å². The molecule has 2 atom stereocenters. The number of aryl methyl sites for hydroxylation is 1. The summed E-state index contributed by atoms with van der Waals surface area (Å²) in [6.07, 6.45) is 4.71. The van der Waals surface area contributed by atoms with Crippen LogP contribution < -0.4 is 0 Å². The Labute approximate surface area is 185 Å². The maximum atomic E-state index is 13.3. The molecule has 3 aromatic heterocycles. The summed E-state index contributed by atoms with van der Waals surface area (Å²) in [5.41, 5.74) is 3.37. The maximum absolute atomic E-state index is 13.3. The molecule has 1 N–H and O–H groups in total. The molecule has 4 aromatic rings. The highest BCUT2D eigenvalue weighted by atomic mass is 32.2. The second-order valence-corrected chi connectivity index (χ2v) is 10.1. The average molecular weight is 454 g/mol. The number of carboxylic acid groups (broad SMARTS) is 1. The molecule has 0 unspecified atom stereocenters. The second kappa shape index (κ2) is 7.33. The number of hydrogen-bond acceptors (Lipinski definition) is 5. The van der Waals surface area contributed by atoms with Gasteiger partial charge < -0.3 is 10.0 Å². The van der Waals surface area contributed by atoms with Crippen LogP contribution in [-0.2, 0) is 10.0 Å². The number of rotatable bonds is 4. The zero-order valence-corrected chi connectivity index (χ0v) is 18.5. The molecule has 0 radical (unpaired) electrons. The van der Waals surface area contributed by atoms with Crippen LogP contribution in [0.4, 0.5) is 4.79 Å². The van der Waals surface area contributed by atoms with Crippen molar-refractivity contribution >= 4 is 32.9 Å². The van der Waals surface area contributed by atoms with Gasteiger partial charge in [0, 0.05) is 37.1 Å². The Balaban J connectivity index is 1.66. The summed E-state index contributed by atoms with van der Waals surface area (Å²) in [5.74, 6) is 0.126. The molecule has 1 aliphatic rings.